The van der Waals surface area contributed by atoms with Gasteiger partial charge in [0, 0.05) is 12.5 Å². The number of likely N-dealkylation sites (tertiary alicyclic amines) is 1. The van der Waals surface area contributed by atoms with Gasteiger partial charge < -0.3 is 9.64 Å². The van der Waals surface area contributed by atoms with E-state index >= 15 is 0 Å². The maximum absolute atomic E-state index is 6.41. The van der Waals surface area contributed by atoms with Crippen molar-refractivity contribution in [2.45, 2.75) is 37.8 Å². The van der Waals surface area contributed by atoms with Crippen molar-refractivity contribution in [2.24, 2.45) is 0 Å². The fourth-order valence-corrected chi connectivity index (χ4v) is 3.68. The van der Waals surface area contributed by atoms with Crippen LogP contribution in [0.2, 0.25) is 0 Å². The van der Waals surface area contributed by atoms with Gasteiger partial charge in [-0.1, -0.05) is 48.9 Å². The molecule has 0 spiro atoms. The molecular formula is C20H24BrNO. The first-order valence-electron chi connectivity index (χ1n) is 8.40. The highest BCUT2D eigenvalue weighted by molar-refractivity contribution is 9.10. The molecule has 2 nitrogen and oxygen atoms in total. The lowest BCUT2D eigenvalue weighted by Gasteiger charge is -2.35. The zero-order valence-corrected chi connectivity index (χ0v) is 15.2. The second-order valence-electron chi connectivity index (χ2n) is 6.31. The summed E-state index contributed by atoms with van der Waals surface area (Å²) < 4.78 is 7.42. The van der Waals surface area contributed by atoms with Crippen LogP contribution in [0.4, 0.5) is 0 Å². The van der Waals surface area contributed by atoms with Crippen LogP contribution in [0.25, 0.3) is 0 Å². The number of nitrogens with zero attached hydrogens (tertiary/aromatic N) is 1. The minimum atomic E-state index is 0.0837. The Labute approximate surface area is 147 Å². The van der Waals surface area contributed by atoms with Gasteiger partial charge in [-0.2, -0.15) is 0 Å². The molecule has 1 fully saturated rings. The Morgan fingerprint density at radius 1 is 1.09 bits per heavy atom. The van der Waals surface area contributed by atoms with E-state index in [1.807, 2.05) is 24.3 Å². The second-order valence-corrected chi connectivity index (χ2v) is 7.17. The van der Waals surface area contributed by atoms with Gasteiger partial charge in [-0.05, 0) is 60.1 Å². The molecule has 1 aliphatic heterocycles. The number of ether oxygens (including phenoxy) is 1. The fourth-order valence-electron chi connectivity index (χ4n) is 3.30. The minimum absolute atomic E-state index is 0.0837. The van der Waals surface area contributed by atoms with Gasteiger partial charge in [0.25, 0.3) is 0 Å². The number of hydrogen-bond acceptors (Lipinski definition) is 2. The summed E-state index contributed by atoms with van der Waals surface area (Å²) in [6, 6.07) is 19.3. The maximum atomic E-state index is 6.41. The Morgan fingerprint density at radius 2 is 1.83 bits per heavy atom. The van der Waals surface area contributed by atoms with Gasteiger partial charge in [-0.25, -0.2) is 0 Å². The van der Waals surface area contributed by atoms with Crippen molar-refractivity contribution in [3.8, 4) is 5.75 Å². The highest BCUT2D eigenvalue weighted by Crippen LogP contribution is 2.33. The quantitative estimate of drug-likeness (QED) is 0.691. The van der Waals surface area contributed by atoms with Crippen LogP contribution in [0.1, 0.15) is 37.4 Å². The second kappa shape index (κ2) is 7.98. The van der Waals surface area contributed by atoms with Gasteiger partial charge in [0.2, 0.25) is 0 Å². The first kappa shape index (κ1) is 16.5. The summed E-state index contributed by atoms with van der Waals surface area (Å²) in [6.45, 7) is 1.20. The molecule has 23 heavy (non-hydrogen) atoms. The van der Waals surface area contributed by atoms with Gasteiger partial charge in [0.1, 0.15) is 11.9 Å². The number of halogens is 1. The number of piperidine rings is 1. The van der Waals surface area contributed by atoms with Gasteiger partial charge in [0.15, 0.2) is 0 Å². The van der Waals surface area contributed by atoms with Crippen molar-refractivity contribution >= 4 is 15.9 Å². The number of rotatable bonds is 5. The predicted octanol–water partition coefficient (Wildman–Crippen LogP) is 5.44. The molecule has 0 amide bonds. The minimum Gasteiger partial charge on any atom is -0.484 e. The van der Waals surface area contributed by atoms with E-state index in [-0.39, 0.29) is 6.10 Å². The smallest absolute Gasteiger partial charge is 0.134 e. The SMILES string of the molecule is CN1CCCCC1CC(Oc1ccccc1Br)c1ccccc1. The van der Waals surface area contributed by atoms with Crippen molar-refractivity contribution in [3.05, 3.63) is 64.6 Å². The van der Waals surface area contributed by atoms with Crippen LogP contribution < -0.4 is 4.74 Å². The molecule has 3 heteroatoms. The summed E-state index contributed by atoms with van der Waals surface area (Å²) in [7, 11) is 2.24. The van der Waals surface area contributed by atoms with Crippen LogP contribution in [0, 0.1) is 0 Å². The molecule has 2 unspecified atom stereocenters. The molecule has 1 aliphatic rings. The fraction of sp³-hybridized carbons (Fsp3) is 0.400. The van der Waals surface area contributed by atoms with Gasteiger partial charge in [0.05, 0.1) is 4.47 Å². The molecule has 0 bridgehead atoms. The van der Waals surface area contributed by atoms with Crippen molar-refractivity contribution < 1.29 is 4.74 Å². The Bertz CT molecular complexity index is 616. The first-order valence-corrected chi connectivity index (χ1v) is 9.19. The Hall–Kier alpha value is -1.32. The third-order valence-electron chi connectivity index (χ3n) is 4.68. The molecule has 0 N–H and O–H groups in total. The molecule has 0 radical (unpaired) electrons. The summed E-state index contributed by atoms with van der Waals surface area (Å²) in [5.74, 6) is 0.916. The average molecular weight is 374 g/mol. The van der Waals surface area contributed by atoms with Gasteiger partial charge in [-0.15, -0.1) is 0 Å². The summed E-state index contributed by atoms with van der Waals surface area (Å²) in [6.07, 6.45) is 5.01. The molecule has 1 saturated heterocycles. The molecule has 3 rings (SSSR count). The zero-order chi connectivity index (χ0) is 16.1. The monoisotopic (exact) mass is 373 g/mol. The van der Waals surface area contributed by atoms with Crippen molar-refractivity contribution in [1.29, 1.82) is 0 Å². The van der Waals surface area contributed by atoms with Crippen molar-refractivity contribution in [2.75, 3.05) is 13.6 Å². The van der Waals surface area contributed by atoms with Crippen LogP contribution in [0.5, 0.6) is 5.75 Å². The number of hydrogen-bond donors (Lipinski definition) is 0. The summed E-state index contributed by atoms with van der Waals surface area (Å²) in [5, 5.41) is 0. The predicted molar refractivity (Wildman–Crippen MR) is 98.8 cm³/mol. The van der Waals surface area contributed by atoms with Crippen LogP contribution >= 0.6 is 15.9 Å². The average Bonchev–Trinajstić information content (AvgIpc) is 2.59. The lowest BCUT2D eigenvalue weighted by atomic mass is 9.94. The molecular weight excluding hydrogens is 350 g/mol. The molecule has 0 saturated carbocycles. The Morgan fingerprint density at radius 3 is 2.57 bits per heavy atom. The maximum Gasteiger partial charge on any atom is 0.134 e. The Kier molecular flexibility index (Phi) is 5.74. The molecule has 0 aliphatic carbocycles. The highest BCUT2D eigenvalue weighted by Gasteiger charge is 2.25. The van der Waals surface area contributed by atoms with Gasteiger partial charge in [-0.3, -0.25) is 0 Å². The van der Waals surface area contributed by atoms with Crippen molar-refractivity contribution in [3.63, 3.8) is 0 Å². The number of benzene rings is 2. The molecule has 2 aromatic carbocycles. The van der Waals surface area contributed by atoms with E-state index in [0.717, 1.165) is 16.6 Å². The van der Waals surface area contributed by atoms with Crippen LogP contribution in [-0.2, 0) is 0 Å². The van der Waals surface area contributed by atoms with E-state index in [1.165, 1.54) is 31.4 Å². The van der Waals surface area contributed by atoms with Crippen LogP contribution in [-0.4, -0.2) is 24.5 Å². The van der Waals surface area contributed by atoms with E-state index < -0.39 is 0 Å². The zero-order valence-electron chi connectivity index (χ0n) is 13.6. The molecule has 0 aromatic heterocycles. The lowest BCUT2D eigenvalue weighted by molar-refractivity contribution is 0.108. The Balaban J connectivity index is 1.80. The van der Waals surface area contributed by atoms with Crippen LogP contribution in [0.3, 0.4) is 0 Å². The summed E-state index contributed by atoms with van der Waals surface area (Å²) in [5.41, 5.74) is 1.25. The van der Waals surface area contributed by atoms with E-state index in [0.29, 0.717) is 6.04 Å². The molecule has 1 heterocycles. The third kappa shape index (κ3) is 4.36. The van der Waals surface area contributed by atoms with Crippen molar-refractivity contribution in [1.82, 2.24) is 4.90 Å². The standard InChI is InChI=1S/C20H24BrNO/c1-22-14-8-7-11-17(22)15-20(16-9-3-2-4-10-16)23-19-13-6-5-12-18(19)21/h2-6,9-10,12-13,17,20H,7-8,11,14-15H2,1H3. The van der Waals surface area contributed by atoms with E-state index in [9.17, 15) is 0 Å². The topological polar surface area (TPSA) is 12.5 Å². The lowest BCUT2D eigenvalue weighted by Crippen LogP contribution is -2.37. The normalized spacial score (nSPS) is 20.2. The van der Waals surface area contributed by atoms with E-state index in [1.54, 1.807) is 0 Å². The summed E-state index contributed by atoms with van der Waals surface area (Å²) >= 11 is 3.60. The van der Waals surface area contributed by atoms with E-state index in [2.05, 4.69) is 58.2 Å². The van der Waals surface area contributed by atoms with E-state index in [4.69, 9.17) is 4.74 Å². The van der Waals surface area contributed by atoms with Crippen LogP contribution in [0.15, 0.2) is 59.1 Å². The third-order valence-corrected chi connectivity index (χ3v) is 5.34. The highest BCUT2D eigenvalue weighted by atomic mass is 79.9. The van der Waals surface area contributed by atoms with Gasteiger partial charge >= 0.3 is 0 Å². The molecule has 122 valence electrons. The molecule has 2 atom stereocenters. The number of para-hydroxylation sites is 1. The summed E-state index contributed by atoms with van der Waals surface area (Å²) in [4.78, 5) is 2.49. The largest absolute Gasteiger partial charge is 0.484 e. The first-order chi connectivity index (χ1) is 11.2. The molecule has 2 aromatic rings.